The van der Waals surface area contributed by atoms with Gasteiger partial charge in [0, 0.05) is 16.5 Å². The number of carbonyl (C=O) groups excluding carboxylic acids is 1. The van der Waals surface area contributed by atoms with Gasteiger partial charge in [0.25, 0.3) is 0 Å². The van der Waals surface area contributed by atoms with E-state index in [9.17, 15) is 9.90 Å². The Kier molecular flexibility index (Phi) is 5.75. The number of aliphatic hydroxyl groups is 1. The van der Waals surface area contributed by atoms with Crippen LogP contribution < -0.4 is 5.32 Å². The molecular weight excluding hydrogens is 261 g/mol. The van der Waals surface area contributed by atoms with E-state index in [4.69, 9.17) is 23.2 Å². The Morgan fingerprint density at radius 3 is 2.41 bits per heavy atom. The van der Waals surface area contributed by atoms with Gasteiger partial charge in [-0.3, -0.25) is 4.79 Å². The first-order valence-corrected chi connectivity index (χ1v) is 6.18. The monoisotopic (exact) mass is 275 g/mol. The molecule has 94 valence electrons. The van der Waals surface area contributed by atoms with Gasteiger partial charge in [-0.25, -0.2) is 0 Å². The second-order valence-corrected chi connectivity index (χ2v) is 4.63. The molecule has 0 spiro atoms. The maximum absolute atomic E-state index is 11.5. The maximum Gasteiger partial charge on any atom is 0.220 e. The highest BCUT2D eigenvalue weighted by molar-refractivity contribution is 6.34. The van der Waals surface area contributed by atoms with Crippen LogP contribution in [0.5, 0.6) is 0 Å². The van der Waals surface area contributed by atoms with E-state index >= 15 is 0 Å². The summed E-state index contributed by atoms with van der Waals surface area (Å²) in [5, 5.41) is 13.0. The van der Waals surface area contributed by atoms with Gasteiger partial charge >= 0.3 is 0 Å². The number of aliphatic hydroxyl groups excluding tert-OH is 1. The first-order chi connectivity index (χ1) is 8.06. The van der Waals surface area contributed by atoms with Gasteiger partial charge in [-0.1, -0.05) is 30.1 Å². The molecule has 1 aromatic rings. The lowest BCUT2D eigenvalue weighted by atomic mass is 10.1. The van der Waals surface area contributed by atoms with E-state index in [1.807, 2.05) is 6.92 Å². The zero-order chi connectivity index (χ0) is 12.8. The number of hydrogen-bond donors (Lipinski definition) is 2. The second-order valence-electron chi connectivity index (χ2n) is 3.76. The molecule has 0 radical (unpaired) electrons. The van der Waals surface area contributed by atoms with Crippen LogP contribution in [0, 0.1) is 0 Å². The SMILES string of the molecule is CCCC(=O)NC(CO)c1cc(Cl)cc(Cl)c1. The minimum Gasteiger partial charge on any atom is -0.394 e. The van der Waals surface area contributed by atoms with Crippen molar-refractivity contribution in [3.8, 4) is 0 Å². The molecule has 0 fully saturated rings. The molecule has 0 bridgehead atoms. The second kappa shape index (κ2) is 6.84. The summed E-state index contributed by atoms with van der Waals surface area (Å²) in [7, 11) is 0. The quantitative estimate of drug-likeness (QED) is 0.868. The summed E-state index contributed by atoms with van der Waals surface area (Å²) in [6, 6.07) is 4.50. The first-order valence-electron chi connectivity index (χ1n) is 5.43. The third kappa shape index (κ3) is 4.54. The highest BCUT2D eigenvalue weighted by Crippen LogP contribution is 2.23. The lowest BCUT2D eigenvalue weighted by Gasteiger charge is -2.17. The molecule has 0 aliphatic rings. The van der Waals surface area contributed by atoms with Gasteiger partial charge in [0.05, 0.1) is 12.6 Å². The Labute approximate surface area is 111 Å². The topological polar surface area (TPSA) is 49.3 Å². The Morgan fingerprint density at radius 1 is 1.35 bits per heavy atom. The van der Waals surface area contributed by atoms with E-state index < -0.39 is 6.04 Å². The molecule has 0 heterocycles. The number of halogens is 2. The molecule has 17 heavy (non-hydrogen) atoms. The van der Waals surface area contributed by atoms with Crippen molar-refractivity contribution < 1.29 is 9.90 Å². The third-order valence-corrected chi connectivity index (χ3v) is 2.72. The lowest BCUT2D eigenvalue weighted by molar-refractivity contribution is -0.122. The summed E-state index contributed by atoms with van der Waals surface area (Å²) >= 11 is 11.7. The molecule has 1 aromatic carbocycles. The van der Waals surface area contributed by atoms with Crippen molar-refractivity contribution in [1.29, 1.82) is 0 Å². The predicted octanol–water partition coefficient (Wildman–Crippen LogP) is 2.94. The van der Waals surface area contributed by atoms with Gasteiger partial charge in [-0.15, -0.1) is 0 Å². The smallest absolute Gasteiger partial charge is 0.220 e. The van der Waals surface area contributed by atoms with Gasteiger partial charge in [-0.05, 0) is 30.2 Å². The summed E-state index contributed by atoms with van der Waals surface area (Å²) in [5.41, 5.74) is 0.703. The fourth-order valence-electron chi connectivity index (χ4n) is 1.50. The molecule has 0 aromatic heterocycles. The van der Waals surface area contributed by atoms with Crippen LogP contribution in [0.2, 0.25) is 10.0 Å². The van der Waals surface area contributed by atoms with Crippen molar-refractivity contribution in [3.63, 3.8) is 0 Å². The number of nitrogens with one attached hydrogen (secondary N) is 1. The summed E-state index contributed by atoms with van der Waals surface area (Å²) in [4.78, 5) is 11.5. The van der Waals surface area contributed by atoms with E-state index in [-0.39, 0.29) is 12.5 Å². The van der Waals surface area contributed by atoms with Gasteiger partial charge in [0.15, 0.2) is 0 Å². The van der Waals surface area contributed by atoms with Gasteiger partial charge in [0.2, 0.25) is 5.91 Å². The van der Waals surface area contributed by atoms with Gasteiger partial charge in [0.1, 0.15) is 0 Å². The van der Waals surface area contributed by atoms with Crippen LogP contribution in [-0.2, 0) is 4.79 Å². The number of rotatable bonds is 5. The molecule has 3 nitrogen and oxygen atoms in total. The molecule has 5 heteroatoms. The van der Waals surface area contributed by atoms with E-state index in [1.54, 1.807) is 18.2 Å². The van der Waals surface area contributed by atoms with Crippen molar-refractivity contribution in [1.82, 2.24) is 5.32 Å². The van der Waals surface area contributed by atoms with E-state index in [0.29, 0.717) is 22.0 Å². The standard InChI is InChI=1S/C12H15Cl2NO2/c1-2-3-12(17)15-11(7-16)8-4-9(13)6-10(14)5-8/h4-6,11,16H,2-3,7H2,1H3,(H,15,17). The Hall–Kier alpha value is -0.770. The van der Waals surface area contributed by atoms with Crippen LogP contribution in [0.4, 0.5) is 0 Å². The van der Waals surface area contributed by atoms with Crippen LogP contribution in [0.1, 0.15) is 31.4 Å². The van der Waals surface area contributed by atoms with Crippen LogP contribution in [-0.4, -0.2) is 17.6 Å². The maximum atomic E-state index is 11.5. The fraction of sp³-hybridized carbons (Fsp3) is 0.417. The minimum atomic E-state index is -0.467. The molecule has 0 aliphatic carbocycles. The minimum absolute atomic E-state index is 0.0948. The van der Waals surface area contributed by atoms with E-state index in [1.165, 1.54) is 0 Å². The molecule has 1 atom stereocenters. The number of amides is 1. The average Bonchev–Trinajstić information content (AvgIpc) is 2.24. The summed E-state index contributed by atoms with van der Waals surface area (Å²) < 4.78 is 0. The third-order valence-electron chi connectivity index (χ3n) is 2.28. The number of benzene rings is 1. The Bertz CT molecular complexity index is 376. The van der Waals surface area contributed by atoms with E-state index in [2.05, 4.69) is 5.32 Å². The number of carbonyl (C=O) groups is 1. The highest BCUT2D eigenvalue weighted by Gasteiger charge is 2.14. The average molecular weight is 276 g/mol. The molecule has 1 rings (SSSR count). The molecule has 1 amide bonds. The fourth-order valence-corrected chi connectivity index (χ4v) is 2.05. The van der Waals surface area contributed by atoms with Crippen LogP contribution in [0.25, 0.3) is 0 Å². The molecule has 1 unspecified atom stereocenters. The highest BCUT2D eigenvalue weighted by atomic mass is 35.5. The van der Waals surface area contributed by atoms with Crippen LogP contribution >= 0.6 is 23.2 Å². The Morgan fingerprint density at radius 2 is 1.94 bits per heavy atom. The van der Waals surface area contributed by atoms with E-state index in [0.717, 1.165) is 6.42 Å². The molecule has 0 saturated heterocycles. The van der Waals surface area contributed by atoms with Gasteiger partial charge in [-0.2, -0.15) is 0 Å². The zero-order valence-electron chi connectivity index (χ0n) is 9.54. The molecule has 2 N–H and O–H groups in total. The van der Waals surface area contributed by atoms with Crippen molar-refractivity contribution in [2.45, 2.75) is 25.8 Å². The zero-order valence-corrected chi connectivity index (χ0v) is 11.1. The van der Waals surface area contributed by atoms with Crippen molar-refractivity contribution in [3.05, 3.63) is 33.8 Å². The lowest BCUT2D eigenvalue weighted by Crippen LogP contribution is -2.30. The molecule has 0 aliphatic heterocycles. The first kappa shape index (κ1) is 14.3. The van der Waals surface area contributed by atoms with Crippen LogP contribution in [0.3, 0.4) is 0 Å². The summed E-state index contributed by atoms with van der Waals surface area (Å²) in [5.74, 6) is -0.0948. The number of hydrogen-bond acceptors (Lipinski definition) is 2. The summed E-state index contributed by atoms with van der Waals surface area (Å²) in [6.07, 6.45) is 1.20. The Balaban J connectivity index is 2.82. The van der Waals surface area contributed by atoms with Gasteiger partial charge < -0.3 is 10.4 Å². The van der Waals surface area contributed by atoms with Crippen molar-refractivity contribution in [2.75, 3.05) is 6.61 Å². The largest absolute Gasteiger partial charge is 0.394 e. The van der Waals surface area contributed by atoms with Crippen molar-refractivity contribution in [2.24, 2.45) is 0 Å². The predicted molar refractivity (Wildman–Crippen MR) is 69.3 cm³/mol. The normalized spacial score (nSPS) is 12.2. The summed E-state index contributed by atoms with van der Waals surface area (Å²) in [6.45, 7) is 1.73. The molecular formula is C12H15Cl2NO2. The van der Waals surface area contributed by atoms with Crippen molar-refractivity contribution >= 4 is 29.1 Å². The van der Waals surface area contributed by atoms with Crippen LogP contribution in [0.15, 0.2) is 18.2 Å². The molecule has 0 saturated carbocycles.